The lowest BCUT2D eigenvalue weighted by molar-refractivity contribution is 0.880. The molecule has 106 valence electrons. The van der Waals surface area contributed by atoms with Crippen molar-refractivity contribution in [1.29, 1.82) is 0 Å². The Morgan fingerprint density at radius 1 is 1.10 bits per heavy atom. The third-order valence-electron chi connectivity index (χ3n) is 3.39. The quantitative estimate of drug-likeness (QED) is 0.577. The molecule has 3 aromatic rings. The zero-order valence-electron chi connectivity index (χ0n) is 11.5. The fourth-order valence-electron chi connectivity index (χ4n) is 2.21. The number of aromatic nitrogens is 2. The monoisotopic (exact) mass is 360 g/mol. The van der Waals surface area contributed by atoms with Crippen molar-refractivity contribution < 1.29 is 0 Å². The molecule has 0 aliphatic heterocycles. The van der Waals surface area contributed by atoms with Crippen LogP contribution in [0.2, 0.25) is 5.02 Å². The number of hydrogen-bond acceptors (Lipinski definition) is 1. The lowest BCUT2D eigenvalue weighted by Gasteiger charge is -2.09. The third-order valence-corrected chi connectivity index (χ3v) is 4.87. The highest BCUT2D eigenvalue weighted by Gasteiger charge is 2.13. The van der Waals surface area contributed by atoms with E-state index in [-0.39, 0.29) is 4.83 Å². The molecule has 0 amide bonds. The second-order valence-electron chi connectivity index (χ2n) is 4.92. The van der Waals surface area contributed by atoms with Gasteiger partial charge in [-0.05, 0) is 36.2 Å². The van der Waals surface area contributed by atoms with E-state index in [1.807, 2.05) is 66.5 Å². The van der Waals surface area contributed by atoms with E-state index in [4.69, 9.17) is 11.6 Å². The van der Waals surface area contributed by atoms with Gasteiger partial charge >= 0.3 is 0 Å². The summed E-state index contributed by atoms with van der Waals surface area (Å²) in [4.78, 5) is 0.103. The number of halogens is 2. The van der Waals surface area contributed by atoms with Gasteiger partial charge < -0.3 is 0 Å². The minimum atomic E-state index is 0.103. The van der Waals surface area contributed by atoms with E-state index in [0.29, 0.717) is 0 Å². The second kappa shape index (κ2) is 6.04. The summed E-state index contributed by atoms with van der Waals surface area (Å²) in [5, 5.41) is 5.22. The number of para-hydroxylation sites is 1. The molecule has 0 saturated carbocycles. The van der Waals surface area contributed by atoms with Crippen LogP contribution in [-0.2, 0) is 0 Å². The van der Waals surface area contributed by atoms with Crippen LogP contribution >= 0.6 is 27.5 Å². The van der Waals surface area contributed by atoms with Gasteiger partial charge in [-0.3, -0.25) is 0 Å². The number of aryl methyl sites for hydroxylation is 1. The maximum absolute atomic E-state index is 6.08. The number of benzene rings is 2. The van der Waals surface area contributed by atoms with E-state index in [1.54, 1.807) is 0 Å². The molecule has 1 unspecified atom stereocenters. The summed E-state index contributed by atoms with van der Waals surface area (Å²) in [6.45, 7) is 2.01. The first-order valence-electron chi connectivity index (χ1n) is 6.65. The molecule has 0 aliphatic carbocycles. The fraction of sp³-hybridized carbons (Fsp3) is 0.118. The summed E-state index contributed by atoms with van der Waals surface area (Å²) in [7, 11) is 0. The lowest BCUT2D eigenvalue weighted by atomic mass is 10.1. The highest BCUT2D eigenvalue weighted by molar-refractivity contribution is 9.09. The first-order chi connectivity index (χ1) is 10.1. The Morgan fingerprint density at radius 3 is 2.57 bits per heavy atom. The second-order valence-corrected chi connectivity index (χ2v) is 6.25. The van der Waals surface area contributed by atoms with E-state index in [1.165, 1.54) is 5.56 Å². The van der Waals surface area contributed by atoms with Crippen molar-refractivity contribution >= 4 is 27.5 Å². The van der Waals surface area contributed by atoms with Crippen LogP contribution < -0.4 is 0 Å². The van der Waals surface area contributed by atoms with Gasteiger partial charge in [0.05, 0.1) is 16.7 Å². The molecule has 0 saturated heterocycles. The number of rotatable bonds is 3. The Hall–Kier alpha value is -1.58. The van der Waals surface area contributed by atoms with Gasteiger partial charge in [-0.2, -0.15) is 5.10 Å². The Balaban J connectivity index is 1.90. The van der Waals surface area contributed by atoms with Crippen LogP contribution in [0.3, 0.4) is 0 Å². The summed E-state index contributed by atoms with van der Waals surface area (Å²) in [5.41, 5.74) is 4.41. The summed E-state index contributed by atoms with van der Waals surface area (Å²) < 4.78 is 1.88. The van der Waals surface area contributed by atoms with E-state index in [0.717, 1.165) is 21.8 Å². The maximum Gasteiger partial charge on any atom is 0.0675 e. The standard InChI is InChI=1S/C17H14BrClN2/c1-12-9-13(7-8-16(12)19)17(18)14-10-20-21(11-14)15-5-3-2-4-6-15/h2-11,17H,1H3. The molecule has 0 N–H and O–H groups in total. The summed E-state index contributed by atoms with van der Waals surface area (Å²) in [6, 6.07) is 16.1. The predicted molar refractivity (Wildman–Crippen MR) is 90.5 cm³/mol. The number of alkyl halides is 1. The average molecular weight is 362 g/mol. The summed E-state index contributed by atoms with van der Waals surface area (Å²) in [5.74, 6) is 0. The largest absolute Gasteiger partial charge is 0.241 e. The van der Waals surface area contributed by atoms with Gasteiger partial charge in [0.15, 0.2) is 0 Å². The lowest BCUT2D eigenvalue weighted by Crippen LogP contribution is -1.94. The van der Waals surface area contributed by atoms with Crippen LogP contribution in [0.1, 0.15) is 21.5 Å². The van der Waals surface area contributed by atoms with Crippen LogP contribution in [0.4, 0.5) is 0 Å². The zero-order chi connectivity index (χ0) is 14.8. The molecule has 21 heavy (non-hydrogen) atoms. The molecule has 1 heterocycles. The molecular formula is C17H14BrClN2. The highest BCUT2D eigenvalue weighted by atomic mass is 79.9. The highest BCUT2D eigenvalue weighted by Crippen LogP contribution is 2.32. The van der Waals surface area contributed by atoms with Gasteiger partial charge in [0, 0.05) is 16.8 Å². The summed E-state index contributed by atoms with van der Waals surface area (Å²) >= 11 is 9.83. The van der Waals surface area contributed by atoms with Gasteiger partial charge in [0.2, 0.25) is 0 Å². The van der Waals surface area contributed by atoms with Crippen molar-refractivity contribution in [2.24, 2.45) is 0 Å². The van der Waals surface area contributed by atoms with Crippen molar-refractivity contribution in [2.75, 3.05) is 0 Å². The number of nitrogens with zero attached hydrogens (tertiary/aromatic N) is 2. The topological polar surface area (TPSA) is 17.8 Å². The van der Waals surface area contributed by atoms with Gasteiger partial charge in [-0.25, -0.2) is 4.68 Å². The van der Waals surface area contributed by atoms with E-state index >= 15 is 0 Å². The van der Waals surface area contributed by atoms with Gasteiger partial charge in [0.1, 0.15) is 0 Å². The smallest absolute Gasteiger partial charge is 0.0675 e. The van der Waals surface area contributed by atoms with Crippen LogP contribution in [0.25, 0.3) is 5.69 Å². The van der Waals surface area contributed by atoms with Crippen molar-refractivity contribution in [1.82, 2.24) is 9.78 Å². The first kappa shape index (κ1) is 14.4. The predicted octanol–water partition coefficient (Wildman–Crippen LogP) is 5.32. The van der Waals surface area contributed by atoms with Crippen molar-refractivity contribution in [3.63, 3.8) is 0 Å². The molecule has 0 bridgehead atoms. The normalized spacial score (nSPS) is 12.3. The third kappa shape index (κ3) is 3.04. The van der Waals surface area contributed by atoms with E-state index < -0.39 is 0 Å². The Labute approximate surface area is 137 Å². The first-order valence-corrected chi connectivity index (χ1v) is 7.94. The SMILES string of the molecule is Cc1cc(C(Br)c2cnn(-c3ccccc3)c2)ccc1Cl. The molecular weight excluding hydrogens is 348 g/mol. The maximum atomic E-state index is 6.08. The van der Waals surface area contributed by atoms with Crippen molar-refractivity contribution in [2.45, 2.75) is 11.8 Å². The van der Waals surface area contributed by atoms with Crippen LogP contribution in [0.5, 0.6) is 0 Å². The Morgan fingerprint density at radius 2 is 1.86 bits per heavy atom. The Bertz CT molecular complexity index is 752. The van der Waals surface area contributed by atoms with E-state index in [2.05, 4.69) is 27.1 Å². The molecule has 4 heteroatoms. The Kier molecular flexibility index (Phi) is 4.13. The minimum Gasteiger partial charge on any atom is -0.241 e. The van der Waals surface area contributed by atoms with Crippen molar-refractivity contribution in [3.8, 4) is 5.69 Å². The average Bonchev–Trinajstić information content (AvgIpc) is 3.00. The number of hydrogen-bond donors (Lipinski definition) is 0. The molecule has 0 radical (unpaired) electrons. The summed E-state index contributed by atoms with van der Waals surface area (Å²) in [6.07, 6.45) is 3.93. The molecule has 3 rings (SSSR count). The molecule has 1 atom stereocenters. The molecule has 0 aliphatic rings. The van der Waals surface area contributed by atoms with Crippen LogP contribution in [0, 0.1) is 6.92 Å². The molecule has 1 aromatic heterocycles. The van der Waals surface area contributed by atoms with Crippen LogP contribution in [0.15, 0.2) is 60.9 Å². The molecule has 2 aromatic carbocycles. The molecule has 0 spiro atoms. The van der Waals surface area contributed by atoms with E-state index in [9.17, 15) is 0 Å². The van der Waals surface area contributed by atoms with Crippen LogP contribution in [-0.4, -0.2) is 9.78 Å². The van der Waals surface area contributed by atoms with Gasteiger partial charge in [0.25, 0.3) is 0 Å². The van der Waals surface area contributed by atoms with Gasteiger partial charge in [-0.1, -0.05) is 57.9 Å². The zero-order valence-corrected chi connectivity index (χ0v) is 13.8. The minimum absolute atomic E-state index is 0.103. The molecule has 0 fully saturated rings. The fourth-order valence-corrected chi connectivity index (χ4v) is 2.85. The molecule has 2 nitrogen and oxygen atoms in total. The van der Waals surface area contributed by atoms with Gasteiger partial charge in [-0.15, -0.1) is 0 Å². The van der Waals surface area contributed by atoms with Crippen molar-refractivity contribution in [3.05, 3.63) is 82.6 Å².